The summed E-state index contributed by atoms with van der Waals surface area (Å²) in [7, 11) is 1.62. The molecule has 2 aromatic heterocycles. The van der Waals surface area contributed by atoms with Gasteiger partial charge in [-0.2, -0.15) is 0 Å². The minimum Gasteiger partial charge on any atom is -0.493 e. The summed E-state index contributed by atoms with van der Waals surface area (Å²) in [5, 5.41) is 1.93. The number of fused-ring (bicyclic) bond motifs is 3. The lowest BCUT2D eigenvalue weighted by molar-refractivity contribution is 0.406. The average Bonchev–Trinajstić information content (AvgIpc) is 2.75. The molecular weight excluding hydrogens is 180 g/mol. The van der Waals surface area contributed by atoms with Crippen molar-refractivity contribution in [3.63, 3.8) is 0 Å². The van der Waals surface area contributed by atoms with Gasteiger partial charge in [0.2, 0.25) is 0 Å². The number of benzene rings is 1. The van der Waals surface area contributed by atoms with Crippen LogP contribution in [-0.2, 0) is 0 Å². The first-order valence-corrected chi connectivity index (χ1v) is 4.33. The molecule has 0 amide bonds. The number of methoxy groups -OCH3 is 1. The molecular formula is C11H8O3. The van der Waals surface area contributed by atoms with Gasteiger partial charge >= 0.3 is 5.78 Å². The first kappa shape index (κ1) is 7.50. The third-order valence-electron chi connectivity index (χ3n) is 2.30. The Balaban J connectivity index is 2.54. The van der Waals surface area contributed by atoms with E-state index in [1.54, 1.807) is 13.4 Å². The Morgan fingerprint density at radius 1 is 1.21 bits per heavy atom. The fourth-order valence-corrected chi connectivity index (χ4v) is 1.66. The molecule has 3 aromatic rings. The zero-order valence-electron chi connectivity index (χ0n) is 7.61. The highest BCUT2D eigenvalue weighted by molar-refractivity contribution is 6.06. The van der Waals surface area contributed by atoms with E-state index in [-0.39, 0.29) is 0 Å². The summed E-state index contributed by atoms with van der Waals surface area (Å²) in [5.74, 6) is 1.23. The molecule has 0 aliphatic carbocycles. The first-order valence-electron chi connectivity index (χ1n) is 4.33. The van der Waals surface area contributed by atoms with Crippen molar-refractivity contribution in [1.82, 2.24) is 0 Å². The standard InChI is InChI=1S/C11H8O3/c1-12-9-6-13-11-10(9)7-4-2-3-5-8(7)14-11/h2-6H,1H3. The van der Waals surface area contributed by atoms with Crippen molar-refractivity contribution < 1.29 is 13.6 Å². The second kappa shape index (κ2) is 2.54. The molecule has 0 unspecified atom stereocenters. The average molecular weight is 188 g/mol. The van der Waals surface area contributed by atoms with Crippen molar-refractivity contribution in [1.29, 1.82) is 0 Å². The summed E-state index contributed by atoms with van der Waals surface area (Å²) in [5.41, 5.74) is 0.820. The van der Waals surface area contributed by atoms with Crippen molar-refractivity contribution in [2.45, 2.75) is 0 Å². The van der Waals surface area contributed by atoms with Crippen LogP contribution in [0.25, 0.3) is 22.1 Å². The van der Waals surface area contributed by atoms with Crippen molar-refractivity contribution in [2.24, 2.45) is 0 Å². The SMILES string of the molecule is COc1coc2oc3ccccc3c12. The lowest BCUT2D eigenvalue weighted by Gasteiger charge is -1.91. The molecule has 0 aliphatic rings. The third kappa shape index (κ3) is 0.812. The van der Waals surface area contributed by atoms with Gasteiger partial charge in [0.1, 0.15) is 17.2 Å². The van der Waals surface area contributed by atoms with Crippen molar-refractivity contribution in [3.8, 4) is 5.75 Å². The Kier molecular flexibility index (Phi) is 1.36. The molecule has 2 heterocycles. The first-order chi connectivity index (χ1) is 6.90. The molecule has 1 aromatic carbocycles. The van der Waals surface area contributed by atoms with Crippen LogP contribution in [0.15, 0.2) is 39.4 Å². The highest BCUT2D eigenvalue weighted by atomic mass is 16.5. The van der Waals surface area contributed by atoms with Gasteiger partial charge in [0.15, 0.2) is 5.75 Å². The van der Waals surface area contributed by atoms with Gasteiger partial charge in [0.25, 0.3) is 0 Å². The summed E-state index contributed by atoms with van der Waals surface area (Å²) in [6.07, 6.45) is 1.56. The third-order valence-corrected chi connectivity index (χ3v) is 2.30. The van der Waals surface area contributed by atoms with E-state index in [0.717, 1.165) is 16.4 Å². The smallest absolute Gasteiger partial charge is 0.302 e. The number of furan rings is 2. The molecule has 0 spiro atoms. The maximum absolute atomic E-state index is 5.49. The van der Waals surface area contributed by atoms with Crippen LogP contribution >= 0.6 is 0 Å². The maximum Gasteiger partial charge on any atom is 0.302 e. The molecule has 0 atom stereocenters. The predicted molar refractivity (Wildman–Crippen MR) is 52.5 cm³/mol. The number of hydrogen-bond acceptors (Lipinski definition) is 3. The van der Waals surface area contributed by atoms with E-state index >= 15 is 0 Å². The van der Waals surface area contributed by atoms with E-state index in [0.29, 0.717) is 11.5 Å². The van der Waals surface area contributed by atoms with E-state index in [1.165, 1.54) is 0 Å². The van der Waals surface area contributed by atoms with Gasteiger partial charge in [-0.25, -0.2) is 0 Å². The fraction of sp³-hybridized carbons (Fsp3) is 0.0909. The van der Waals surface area contributed by atoms with Gasteiger partial charge in [-0.3, -0.25) is 0 Å². The van der Waals surface area contributed by atoms with Crippen LogP contribution in [0.1, 0.15) is 0 Å². The van der Waals surface area contributed by atoms with Crippen LogP contribution in [0.5, 0.6) is 5.75 Å². The number of rotatable bonds is 1. The minimum atomic E-state index is 0.517. The Labute approximate surface area is 79.9 Å². The van der Waals surface area contributed by atoms with Crippen molar-refractivity contribution in [3.05, 3.63) is 30.5 Å². The number of para-hydroxylation sites is 1. The van der Waals surface area contributed by atoms with Crippen molar-refractivity contribution in [2.75, 3.05) is 7.11 Å². The van der Waals surface area contributed by atoms with E-state index in [1.807, 2.05) is 24.3 Å². The fourth-order valence-electron chi connectivity index (χ4n) is 1.66. The van der Waals surface area contributed by atoms with Gasteiger partial charge in [-0.1, -0.05) is 18.2 Å². The molecule has 0 N–H and O–H groups in total. The molecule has 0 radical (unpaired) electrons. The van der Waals surface area contributed by atoms with Gasteiger partial charge in [-0.15, -0.1) is 0 Å². The van der Waals surface area contributed by atoms with Crippen LogP contribution in [0.3, 0.4) is 0 Å². The summed E-state index contributed by atoms with van der Waals surface area (Å²) in [4.78, 5) is 0. The van der Waals surface area contributed by atoms with Gasteiger partial charge in [0, 0.05) is 5.39 Å². The normalized spacial score (nSPS) is 11.2. The van der Waals surface area contributed by atoms with E-state index in [4.69, 9.17) is 13.6 Å². The van der Waals surface area contributed by atoms with E-state index in [2.05, 4.69) is 0 Å². The molecule has 0 aliphatic heterocycles. The largest absolute Gasteiger partial charge is 0.493 e. The zero-order chi connectivity index (χ0) is 9.54. The topological polar surface area (TPSA) is 35.5 Å². The second-order valence-corrected chi connectivity index (χ2v) is 3.06. The summed E-state index contributed by atoms with van der Waals surface area (Å²) in [6, 6.07) is 7.78. The second-order valence-electron chi connectivity index (χ2n) is 3.06. The lowest BCUT2D eigenvalue weighted by Crippen LogP contribution is -1.77. The van der Waals surface area contributed by atoms with Gasteiger partial charge < -0.3 is 13.6 Å². The summed E-state index contributed by atoms with van der Waals surface area (Å²) >= 11 is 0. The van der Waals surface area contributed by atoms with Crippen LogP contribution in [0.2, 0.25) is 0 Å². The van der Waals surface area contributed by atoms with Crippen LogP contribution in [0.4, 0.5) is 0 Å². The lowest BCUT2D eigenvalue weighted by atomic mass is 10.2. The van der Waals surface area contributed by atoms with Crippen LogP contribution < -0.4 is 4.74 Å². The van der Waals surface area contributed by atoms with Gasteiger partial charge in [-0.05, 0) is 6.07 Å². The maximum atomic E-state index is 5.49. The summed E-state index contributed by atoms with van der Waals surface area (Å²) in [6.45, 7) is 0. The summed E-state index contributed by atoms with van der Waals surface area (Å²) < 4.78 is 15.9. The van der Waals surface area contributed by atoms with E-state index in [9.17, 15) is 0 Å². The molecule has 0 saturated heterocycles. The number of hydrogen-bond donors (Lipinski definition) is 0. The van der Waals surface area contributed by atoms with Crippen LogP contribution in [0, 0.1) is 0 Å². The molecule has 3 nitrogen and oxygen atoms in total. The Bertz CT molecular complexity index is 589. The van der Waals surface area contributed by atoms with Crippen LogP contribution in [-0.4, -0.2) is 7.11 Å². The predicted octanol–water partition coefficient (Wildman–Crippen LogP) is 3.19. The highest BCUT2D eigenvalue weighted by Crippen LogP contribution is 2.36. The molecule has 70 valence electrons. The quantitative estimate of drug-likeness (QED) is 0.588. The van der Waals surface area contributed by atoms with Gasteiger partial charge in [0.05, 0.1) is 7.11 Å². The molecule has 0 fully saturated rings. The monoisotopic (exact) mass is 188 g/mol. The van der Waals surface area contributed by atoms with E-state index < -0.39 is 0 Å². The Hall–Kier alpha value is -1.90. The Morgan fingerprint density at radius 3 is 2.93 bits per heavy atom. The molecule has 3 heteroatoms. The minimum absolute atomic E-state index is 0.517. The Morgan fingerprint density at radius 2 is 2.07 bits per heavy atom. The molecule has 0 bridgehead atoms. The van der Waals surface area contributed by atoms with Crippen molar-refractivity contribution >= 4 is 22.1 Å². The zero-order valence-corrected chi connectivity index (χ0v) is 7.61. The molecule has 14 heavy (non-hydrogen) atoms. The highest BCUT2D eigenvalue weighted by Gasteiger charge is 2.14. The molecule has 0 saturated carbocycles. The number of ether oxygens (including phenoxy) is 1. The molecule has 3 rings (SSSR count).